The van der Waals surface area contributed by atoms with E-state index >= 15 is 0 Å². The van der Waals surface area contributed by atoms with Crippen molar-refractivity contribution in [1.82, 2.24) is 14.9 Å². The number of nitrogens with zero attached hydrogens (tertiary/aromatic N) is 2. The van der Waals surface area contributed by atoms with E-state index in [4.69, 9.17) is 4.98 Å². The fraction of sp³-hybridized carbons (Fsp3) is 0.613. The van der Waals surface area contributed by atoms with Crippen LogP contribution in [0.1, 0.15) is 119 Å². The first-order valence-corrected chi connectivity index (χ1v) is 15.4. The van der Waals surface area contributed by atoms with Crippen LogP contribution in [-0.4, -0.2) is 22.0 Å². The number of rotatable bonds is 20. The summed E-state index contributed by atoms with van der Waals surface area (Å²) in [5.74, 6) is 1.18. The fourth-order valence-corrected chi connectivity index (χ4v) is 5.61. The standard InChI is InChI=1S/C31H47N3OS/c1-2-3-4-5-6-7-8-9-10-11-12-13-14-17-25-34-28-21-16-15-20-27(28)33-30(34)23-18-24-32-31(35)29-22-19-26-36-29/h15-16,19-22,26H,2-14,17-18,23-25H2,1H3,(H,32,35). The SMILES string of the molecule is CCCCCCCCCCCCCCCCn1c(CCCNC(=O)c2cccs2)nc2ccccc21. The van der Waals surface area contributed by atoms with Crippen molar-refractivity contribution in [3.8, 4) is 0 Å². The first-order chi connectivity index (χ1) is 17.8. The summed E-state index contributed by atoms with van der Waals surface area (Å²) in [6.45, 7) is 4.00. The van der Waals surface area contributed by atoms with Crippen molar-refractivity contribution < 1.29 is 4.79 Å². The molecule has 36 heavy (non-hydrogen) atoms. The molecule has 0 radical (unpaired) electrons. The summed E-state index contributed by atoms with van der Waals surface area (Å²) in [6, 6.07) is 12.3. The maximum absolute atomic E-state index is 12.2. The molecule has 0 unspecified atom stereocenters. The van der Waals surface area contributed by atoms with Crippen molar-refractivity contribution in [1.29, 1.82) is 0 Å². The van der Waals surface area contributed by atoms with Crippen LogP contribution >= 0.6 is 11.3 Å². The van der Waals surface area contributed by atoms with Gasteiger partial charge in [-0.15, -0.1) is 11.3 Å². The molecule has 198 valence electrons. The molecule has 0 saturated carbocycles. The van der Waals surface area contributed by atoms with Gasteiger partial charge in [-0.25, -0.2) is 4.98 Å². The van der Waals surface area contributed by atoms with Gasteiger partial charge in [-0.05, 0) is 36.4 Å². The zero-order valence-corrected chi connectivity index (χ0v) is 23.3. The Labute approximate surface area is 222 Å². The van der Waals surface area contributed by atoms with Gasteiger partial charge in [0.05, 0.1) is 15.9 Å². The highest BCUT2D eigenvalue weighted by molar-refractivity contribution is 7.12. The summed E-state index contributed by atoms with van der Waals surface area (Å²) in [4.78, 5) is 17.9. The molecule has 4 nitrogen and oxygen atoms in total. The van der Waals surface area contributed by atoms with E-state index in [1.165, 1.54) is 107 Å². The number of benzene rings is 1. The van der Waals surface area contributed by atoms with Crippen LogP contribution in [0.2, 0.25) is 0 Å². The molecule has 1 aromatic carbocycles. The summed E-state index contributed by atoms with van der Waals surface area (Å²) < 4.78 is 2.41. The number of fused-ring (bicyclic) bond motifs is 1. The molecule has 2 aromatic heterocycles. The van der Waals surface area contributed by atoms with Gasteiger partial charge in [0.15, 0.2) is 0 Å². The maximum atomic E-state index is 12.2. The molecule has 0 spiro atoms. The minimum absolute atomic E-state index is 0.0286. The number of thiophene rings is 1. The molecule has 3 aromatic rings. The van der Waals surface area contributed by atoms with Gasteiger partial charge in [0.25, 0.3) is 5.91 Å². The Balaban J connectivity index is 1.30. The van der Waals surface area contributed by atoms with E-state index in [0.29, 0.717) is 6.54 Å². The van der Waals surface area contributed by atoms with E-state index in [1.54, 1.807) is 0 Å². The molecular weight excluding hydrogens is 462 g/mol. The number of para-hydroxylation sites is 2. The molecular formula is C31H47N3OS. The molecule has 1 amide bonds. The van der Waals surface area contributed by atoms with Gasteiger partial charge in [0, 0.05) is 19.5 Å². The third-order valence-corrected chi connectivity index (χ3v) is 7.95. The molecule has 2 heterocycles. The number of carbonyl (C=O) groups is 1. The van der Waals surface area contributed by atoms with E-state index in [-0.39, 0.29) is 5.91 Å². The number of carbonyl (C=O) groups excluding carboxylic acids is 1. The van der Waals surface area contributed by atoms with E-state index in [2.05, 4.69) is 41.1 Å². The zero-order chi connectivity index (χ0) is 25.3. The van der Waals surface area contributed by atoms with E-state index in [1.807, 2.05) is 17.5 Å². The number of nitrogens with one attached hydrogen (secondary N) is 1. The highest BCUT2D eigenvalue weighted by Gasteiger charge is 2.11. The Morgan fingerprint density at radius 1 is 0.806 bits per heavy atom. The first-order valence-electron chi connectivity index (χ1n) is 14.6. The second-order valence-electron chi connectivity index (χ2n) is 10.1. The number of hydrogen-bond donors (Lipinski definition) is 1. The quantitative estimate of drug-likeness (QED) is 0.155. The minimum atomic E-state index is 0.0286. The molecule has 1 N–H and O–H groups in total. The number of imidazole rings is 1. The van der Waals surface area contributed by atoms with Crippen molar-refractivity contribution in [2.75, 3.05) is 6.54 Å². The number of amides is 1. The van der Waals surface area contributed by atoms with Crippen LogP contribution in [0.25, 0.3) is 11.0 Å². The molecule has 0 saturated heterocycles. The van der Waals surface area contributed by atoms with Crippen LogP contribution in [0.15, 0.2) is 41.8 Å². The first kappa shape index (κ1) is 28.4. The Morgan fingerprint density at radius 3 is 2.08 bits per heavy atom. The van der Waals surface area contributed by atoms with Gasteiger partial charge >= 0.3 is 0 Å². The van der Waals surface area contributed by atoms with E-state index < -0.39 is 0 Å². The van der Waals surface area contributed by atoms with Gasteiger partial charge in [0.1, 0.15) is 5.82 Å². The summed E-state index contributed by atoms with van der Waals surface area (Å²) in [5, 5.41) is 4.98. The van der Waals surface area contributed by atoms with E-state index in [9.17, 15) is 4.79 Å². The van der Waals surface area contributed by atoms with Crippen molar-refractivity contribution in [2.24, 2.45) is 0 Å². The lowest BCUT2D eigenvalue weighted by atomic mass is 10.0. The van der Waals surface area contributed by atoms with Crippen molar-refractivity contribution in [3.05, 3.63) is 52.5 Å². The summed E-state index contributed by atoms with van der Waals surface area (Å²) >= 11 is 1.49. The normalized spacial score (nSPS) is 11.4. The summed E-state index contributed by atoms with van der Waals surface area (Å²) in [7, 11) is 0. The molecule has 0 aliphatic carbocycles. The third-order valence-electron chi connectivity index (χ3n) is 7.08. The lowest BCUT2D eigenvalue weighted by Gasteiger charge is -2.10. The van der Waals surface area contributed by atoms with Crippen molar-refractivity contribution in [3.63, 3.8) is 0 Å². The molecule has 0 fully saturated rings. The van der Waals surface area contributed by atoms with Crippen molar-refractivity contribution in [2.45, 2.75) is 116 Å². The van der Waals surface area contributed by atoms with Crippen LogP contribution in [0, 0.1) is 0 Å². The monoisotopic (exact) mass is 509 g/mol. The Kier molecular flexibility index (Phi) is 13.7. The minimum Gasteiger partial charge on any atom is -0.351 e. The number of hydrogen-bond acceptors (Lipinski definition) is 3. The number of unbranched alkanes of at least 4 members (excludes halogenated alkanes) is 13. The second-order valence-corrected chi connectivity index (χ2v) is 11.0. The summed E-state index contributed by atoms with van der Waals surface area (Å²) in [5.41, 5.74) is 2.32. The summed E-state index contributed by atoms with van der Waals surface area (Å²) in [6.07, 6.45) is 21.2. The van der Waals surface area contributed by atoms with Crippen LogP contribution in [0.5, 0.6) is 0 Å². The van der Waals surface area contributed by atoms with Crippen molar-refractivity contribution >= 4 is 28.3 Å². The highest BCUT2D eigenvalue weighted by atomic mass is 32.1. The van der Waals surface area contributed by atoms with Gasteiger partial charge < -0.3 is 9.88 Å². The second kappa shape index (κ2) is 17.3. The third kappa shape index (κ3) is 10.1. The smallest absolute Gasteiger partial charge is 0.261 e. The zero-order valence-electron chi connectivity index (χ0n) is 22.5. The number of aryl methyl sites for hydroxylation is 2. The van der Waals surface area contributed by atoms with Gasteiger partial charge in [-0.1, -0.05) is 109 Å². The van der Waals surface area contributed by atoms with Gasteiger partial charge in [-0.2, -0.15) is 0 Å². The molecule has 0 aliphatic rings. The molecule has 5 heteroatoms. The average molecular weight is 510 g/mol. The maximum Gasteiger partial charge on any atom is 0.261 e. The van der Waals surface area contributed by atoms with E-state index in [0.717, 1.165) is 35.6 Å². The van der Waals surface area contributed by atoms with Crippen LogP contribution in [0.3, 0.4) is 0 Å². The predicted octanol–water partition coefficient (Wildman–Crippen LogP) is 8.94. The highest BCUT2D eigenvalue weighted by Crippen LogP contribution is 2.19. The average Bonchev–Trinajstić information content (AvgIpc) is 3.55. The number of aromatic nitrogens is 2. The predicted molar refractivity (Wildman–Crippen MR) is 155 cm³/mol. The topological polar surface area (TPSA) is 46.9 Å². The van der Waals surface area contributed by atoms with Crippen LogP contribution in [0.4, 0.5) is 0 Å². The molecule has 0 aliphatic heterocycles. The Morgan fingerprint density at radius 2 is 1.44 bits per heavy atom. The Hall–Kier alpha value is -2.14. The van der Waals surface area contributed by atoms with Gasteiger partial charge in [0.2, 0.25) is 0 Å². The van der Waals surface area contributed by atoms with Gasteiger partial charge in [-0.3, -0.25) is 4.79 Å². The van der Waals surface area contributed by atoms with Crippen LogP contribution < -0.4 is 5.32 Å². The molecule has 3 rings (SSSR count). The van der Waals surface area contributed by atoms with Crippen LogP contribution in [-0.2, 0) is 13.0 Å². The largest absolute Gasteiger partial charge is 0.351 e. The lowest BCUT2D eigenvalue weighted by molar-refractivity contribution is 0.0957. The lowest BCUT2D eigenvalue weighted by Crippen LogP contribution is -2.24. The molecule has 0 bridgehead atoms. The Bertz CT molecular complexity index is 979. The fourth-order valence-electron chi connectivity index (χ4n) is 4.97. The molecule has 0 atom stereocenters.